The summed E-state index contributed by atoms with van der Waals surface area (Å²) in [5.41, 5.74) is 0.541. The van der Waals surface area contributed by atoms with E-state index in [2.05, 4.69) is 10.3 Å². The number of amides is 1. The molecule has 1 aromatic rings. The molecule has 1 atom stereocenters. The molecule has 0 radical (unpaired) electrons. The molecule has 0 bridgehead atoms. The van der Waals surface area contributed by atoms with Gasteiger partial charge in [0.1, 0.15) is 5.82 Å². The molecule has 26 heavy (non-hydrogen) atoms. The smallest absolute Gasteiger partial charge is 0.369 e. The summed E-state index contributed by atoms with van der Waals surface area (Å²) in [5, 5.41) is 3.19. The Hall–Kier alpha value is -1.83. The number of alkyl halides is 3. The lowest BCUT2D eigenvalue weighted by atomic mass is 10.1. The molecule has 1 amide bonds. The second kappa shape index (κ2) is 8.24. The van der Waals surface area contributed by atoms with Gasteiger partial charge in [0.2, 0.25) is 0 Å². The van der Waals surface area contributed by atoms with E-state index in [9.17, 15) is 18.0 Å². The lowest BCUT2D eigenvalue weighted by Gasteiger charge is -2.27. The Morgan fingerprint density at radius 2 is 2.00 bits per heavy atom. The van der Waals surface area contributed by atoms with Crippen molar-refractivity contribution in [2.75, 3.05) is 44.6 Å². The molecule has 1 aromatic heterocycles. The topological polar surface area (TPSA) is 48.5 Å². The minimum atomic E-state index is -4.16. The summed E-state index contributed by atoms with van der Waals surface area (Å²) in [6.45, 7) is 2.06. The van der Waals surface area contributed by atoms with Crippen LogP contribution in [0.25, 0.3) is 0 Å². The lowest BCUT2D eigenvalue weighted by molar-refractivity contribution is -0.143. The molecule has 144 valence electrons. The monoisotopic (exact) mass is 370 g/mol. The van der Waals surface area contributed by atoms with Crippen LogP contribution in [-0.4, -0.2) is 66.1 Å². The lowest BCUT2D eigenvalue weighted by Crippen LogP contribution is -2.36. The molecule has 5 nitrogen and oxygen atoms in total. The fourth-order valence-corrected chi connectivity index (χ4v) is 3.70. The van der Waals surface area contributed by atoms with Gasteiger partial charge in [0.05, 0.1) is 12.1 Å². The average molecular weight is 370 g/mol. The summed E-state index contributed by atoms with van der Waals surface area (Å²) in [5.74, 6) is 0.625. The fraction of sp³-hybridized carbons (Fsp3) is 0.667. The standard InChI is InChI=1S/C18H25F3N4O/c19-18(20,21)13-24-10-6-14(12-24)11-23-16-15(5-4-7-22-16)17(26)25-8-2-1-3-9-25/h4-5,7,14H,1-3,6,8-13H2,(H,22,23). The van der Waals surface area contributed by atoms with Crippen LogP contribution in [0.1, 0.15) is 36.0 Å². The maximum absolute atomic E-state index is 12.7. The number of piperidine rings is 1. The van der Waals surface area contributed by atoms with Gasteiger partial charge in [-0.15, -0.1) is 0 Å². The Kier molecular flexibility index (Phi) is 6.01. The third kappa shape index (κ3) is 5.09. The molecule has 2 aliphatic heterocycles. The quantitative estimate of drug-likeness (QED) is 0.866. The maximum Gasteiger partial charge on any atom is 0.401 e. The van der Waals surface area contributed by atoms with E-state index in [0.717, 1.165) is 32.4 Å². The van der Waals surface area contributed by atoms with Crippen molar-refractivity contribution in [1.82, 2.24) is 14.8 Å². The van der Waals surface area contributed by atoms with Gasteiger partial charge >= 0.3 is 6.18 Å². The van der Waals surface area contributed by atoms with E-state index in [-0.39, 0.29) is 11.8 Å². The van der Waals surface area contributed by atoms with Crippen molar-refractivity contribution >= 4 is 11.7 Å². The summed E-state index contributed by atoms with van der Waals surface area (Å²) < 4.78 is 37.5. The van der Waals surface area contributed by atoms with Crippen molar-refractivity contribution < 1.29 is 18.0 Å². The zero-order chi connectivity index (χ0) is 18.6. The number of carbonyl (C=O) groups is 1. The highest BCUT2D eigenvalue weighted by Crippen LogP contribution is 2.24. The van der Waals surface area contributed by atoms with Crippen LogP contribution in [0.4, 0.5) is 19.0 Å². The normalized spacial score (nSPS) is 21.8. The minimum Gasteiger partial charge on any atom is -0.369 e. The Morgan fingerprint density at radius 3 is 2.73 bits per heavy atom. The number of likely N-dealkylation sites (tertiary alicyclic amines) is 2. The first-order chi connectivity index (χ1) is 12.4. The predicted octanol–water partition coefficient (Wildman–Crippen LogP) is 3.00. The van der Waals surface area contributed by atoms with Crippen LogP contribution in [-0.2, 0) is 0 Å². The van der Waals surface area contributed by atoms with Crippen molar-refractivity contribution in [2.24, 2.45) is 5.92 Å². The van der Waals surface area contributed by atoms with Crippen LogP contribution in [0.15, 0.2) is 18.3 Å². The number of anilines is 1. The molecule has 0 spiro atoms. The van der Waals surface area contributed by atoms with Gasteiger partial charge in [-0.2, -0.15) is 13.2 Å². The molecule has 8 heteroatoms. The Morgan fingerprint density at radius 1 is 1.23 bits per heavy atom. The fourth-order valence-electron chi connectivity index (χ4n) is 3.70. The molecule has 3 heterocycles. The summed E-state index contributed by atoms with van der Waals surface area (Å²) in [4.78, 5) is 20.3. The summed E-state index contributed by atoms with van der Waals surface area (Å²) in [6, 6.07) is 3.50. The Labute approximate surface area is 151 Å². The highest BCUT2D eigenvalue weighted by atomic mass is 19.4. The molecule has 2 fully saturated rings. The SMILES string of the molecule is O=C(c1cccnc1NCC1CCN(CC(F)(F)F)C1)N1CCCCC1. The second-order valence-electron chi connectivity index (χ2n) is 7.14. The third-order valence-corrected chi connectivity index (χ3v) is 5.01. The summed E-state index contributed by atoms with van der Waals surface area (Å²) in [6.07, 6.45) is 1.37. The molecule has 1 N–H and O–H groups in total. The van der Waals surface area contributed by atoms with Crippen molar-refractivity contribution in [1.29, 1.82) is 0 Å². The number of rotatable bonds is 5. The van der Waals surface area contributed by atoms with E-state index in [0.29, 0.717) is 37.4 Å². The first-order valence-corrected chi connectivity index (χ1v) is 9.19. The van der Waals surface area contributed by atoms with Crippen molar-refractivity contribution in [3.05, 3.63) is 23.9 Å². The number of nitrogens with one attached hydrogen (secondary N) is 1. The van der Waals surface area contributed by atoms with Crippen molar-refractivity contribution in [3.8, 4) is 0 Å². The maximum atomic E-state index is 12.7. The number of halogens is 3. The van der Waals surface area contributed by atoms with E-state index < -0.39 is 12.7 Å². The average Bonchev–Trinajstić information content (AvgIpc) is 3.06. The van der Waals surface area contributed by atoms with Gasteiger partial charge in [0.15, 0.2) is 0 Å². The van der Waals surface area contributed by atoms with Crippen LogP contribution >= 0.6 is 0 Å². The summed E-state index contributed by atoms with van der Waals surface area (Å²) >= 11 is 0. The van der Waals surface area contributed by atoms with E-state index in [1.807, 2.05) is 4.90 Å². The van der Waals surface area contributed by atoms with E-state index in [1.165, 1.54) is 4.90 Å². The molecule has 2 saturated heterocycles. The summed E-state index contributed by atoms with van der Waals surface area (Å²) in [7, 11) is 0. The minimum absolute atomic E-state index is 0.0228. The number of pyridine rings is 1. The van der Waals surface area contributed by atoms with Crippen LogP contribution in [0.2, 0.25) is 0 Å². The number of carbonyl (C=O) groups excluding carboxylic acids is 1. The zero-order valence-corrected chi connectivity index (χ0v) is 14.8. The first kappa shape index (κ1) is 18.9. The molecular weight excluding hydrogens is 345 g/mol. The van der Waals surface area contributed by atoms with E-state index >= 15 is 0 Å². The van der Waals surface area contributed by atoms with Gasteiger partial charge < -0.3 is 10.2 Å². The van der Waals surface area contributed by atoms with Gasteiger partial charge in [-0.3, -0.25) is 9.69 Å². The molecule has 2 aliphatic rings. The Bertz CT molecular complexity index is 617. The van der Waals surface area contributed by atoms with Crippen molar-refractivity contribution in [2.45, 2.75) is 31.9 Å². The number of hydrogen-bond donors (Lipinski definition) is 1. The van der Waals surface area contributed by atoms with Gasteiger partial charge in [-0.05, 0) is 50.3 Å². The van der Waals surface area contributed by atoms with Gasteiger partial charge in [-0.1, -0.05) is 0 Å². The second-order valence-corrected chi connectivity index (χ2v) is 7.14. The highest BCUT2D eigenvalue weighted by Gasteiger charge is 2.34. The molecule has 0 aromatic carbocycles. The van der Waals surface area contributed by atoms with Crippen LogP contribution in [0.3, 0.4) is 0 Å². The van der Waals surface area contributed by atoms with Crippen LogP contribution < -0.4 is 5.32 Å². The predicted molar refractivity (Wildman–Crippen MR) is 93.1 cm³/mol. The van der Waals surface area contributed by atoms with E-state index in [1.54, 1.807) is 18.3 Å². The number of nitrogens with zero attached hydrogens (tertiary/aromatic N) is 3. The van der Waals surface area contributed by atoms with Gasteiger partial charge in [0, 0.05) is 32.4 Å². The van der Waals surface area contributed by atoms with Gasteiger partial charge in [-0.25, -0.2) is 4.98 Å². The van der Waals surface area contributed by atoms with E-state index in [4.69, 9.17) is 0 Å². The molecule has 0 saturated carbocycles. The largest absolute Gasteiger partial charge is 0.401 e. The van der Waals surface area contributed by atoms with Crippen molar-refractivity contribution in [3.63, 3.8) is 0 Å². The molecule has 0 aliphatic carbocycles. The van der Waals surface area contributed by atoms with Gasteiger partial charge in [0.25, 0.3) is 5.91 Å². The number of aromatic nitrogens is 1. The molecular formula is C18H25F3N4O. The first-order valence-electron chi connectivity index (χ1n) is 9.19. The third-order valence-electron chi connectivity index (χ3n) is 5.01. The Balaban J connectivity index is 1.56. The molecule has 3 rings (SSSR count). The zero-order valence-electron chi connectivity index (χ0n) is 14.8. The number of hydrogen-bond acceptors (Lipinski definition) is 4. The van der Waals surface area contributed by atoms with Crippen LogP contribution in [0, 0.1) is 5.92 Å². The molecule has 1 unspecified atom stereocenters. The highest BCUT2D eigenvalue weighted by molar-refractivity contribution is 5.98. The van der Waals surface area contributed by atoms with Crippen LogP contribution in [0.5, 0.6) is 0 Å².